The van der Waals surface area contributed by atoms with Crippen LogP contribution in [0.1, 0.15) is 13.3 Å². The highest BCUT2D eigenvalue weighted by Crippen LogP contribution is 1.98. The maximum absolute atomic E-state index is 11.2. The summed E-state index contributed by atoms with van der Waals surface area (Å²) in [6.07, 6.45) is 0.00348. The third kappa shape index (κ3) is 10.3. The van der Waals surface area contributed by atoms with Gasteiger partial charge in [0.25, 0.3) is 0 Å². The van der Waals surface area contributed by atoms with Crippen LogP contribution in [0.15, 0.2) is 0 Å². The van der Waals surface area contributed by atoms with E-state index in [1.165, 1.54) is 0 Å². The molecule has 1 atom stereocenters. The van der Waals surface area contributed by atoms with Crippen LogP contribution in [0, 0.1) is 5.92 Å². The molecule has 4 amide bonds. The number of carbonyl (C=O) groups is 3. The molecule has 17 heavy (non-hydrogen) atoms. The van der Waals surface area contributed by atoms with Crippen molar-refractivity contribution >= 4 is 18.0 Å². The van der Waals surface area contributed by atoms with E-state index in [0.29, 0.717) is 0 Å². The Hall–Kier alpha value is -1.99. The van der Waals surface area contributed by atoms with Gasteiger partial charge in [-0.3, -0.25) is 4.79 Å². The molecule has 0 heterocycles. The summed E-state index contributed by atoms with van der Waals surface area (Å²) >= 11 is 0. The molecule has 0 bridgehead atoms. The van der Waals surface area contributed by atoms with Crippen LogP contribution in [0.2, 0.25) is 0 Å². The minimum absolute atomic E-state index is 0.00348. The van der Waals surface area contributed by atoms with Crippen molar-refractivity contribution in [1.82, 2.24) is 16.0 Å². The molecule has 0 aromatic rings. The van der Waals surface area contributed by atoms with E-state index in [1.54, 1.807) is 6.92 Å². The topological polar surface area (TPSA) is 134 Å². The summed E-state index contributed by atoms with van der Waals surface area (Å²) in [5.74, 6) is -1.03. The molecule has 8 nitrogen and oxygen atoms in total. The van der Waals surface area contributed by atoms with Gasteiger partial charge < -0.3 is 26.8 Å². The first kappa shape index (κ1) is 15.0. The monoisotopic (exact) mass is 246 g/mol. The SMILES string of the molecule is CC(CNC(=O)NCCNC(N)=O)CC(=O)O. The van der Waals surface area contributed by atoms with Crippen LogP contribution < -0.4 is 21.7 Å². The Morgan fingerprint density at radius 2 is 1.76 bits per heavy atom. The summed E-state index contributed by atoms with van der Waals surface area (Å²) in [4.78, 5) is 31.8. The lowest BCUT2D eigenvalue weighted by Gasteiger charge is -2.11. The highest BCUT2D eigenvalue weighted by atomic mass is 16.4. The average Bonchev–Trinajstić information content (AvgIpc) is 2.20. The molecule has 98 valence electrons. The van der Waals surface area contributed by atoms with Crippen molar-refractivity contribution in [3.63, 3.8) is 0 Å². The molecule has 0 aromatic carbocycles. The first-order chi connectivity index (χ1) is 7.91. The van der Waals surface area contributed by atoms with Crippen molar-refractivity contribution in [2.45, 2.75) is 13.3 Å². The molecule has 0 aromatic heterocycles. The number of carboxylic acid groups (broad SMARTS) is 1. The average molecular weight is 246 g/mol. The minimum Gasteiger partial charge on any atom is -0.481 e. The Labute approximate surface area is 98.9 Å². The number of amides is 4. The largest absolute Gasteiger partial charge is 0.481 e. The smallest absolute Gasteiger partial charge is 0.314 e. The van der Waals surface area contributed by atoms with Gasteiger partial charge in [-0.2, -0.15) is 0 Å². The predicted molar refractivity (Wildman–Crippen MR) is 60.4 cm³/mol. The highest BCUT2D eigenvalue weighted by molar-refractivity contribution is 5.74. The quantitative estimate of drug-likeness (QED) is 0.371. The number of hydrogen-bond acceptors (Lipinski definition) is 3. The number of urea groups is 2. The van der Waals surface area contributed by atoms with Gasteiger partial charge in [0.15, 0.2) is 0 Å². The lowest BCUT2D eigenvalue weighted by Crippen LogP contribution is -2.42. The van der Waals surface area contributed by atoms with Crippen molar-refractivity contribution in [2.75, 3.05) is 19.6 Å². The minimum atomic E-state index is -0.898. The maximum atomic E-state index is 11.2. The molecule has 0 saturated carbocycles. The molecule has 8 heteroatoms. The van der Waals surface area contributed by atoms with E-state index in [0.717, 1.165) is 0 Å². The van der Waals surface area contributed by atoms with Gasteiger partial charge in [-0.05, 0) is 5.92 Å². The second-order valence-corrected chi connectivity index (χ2v) is 3.63. The number of carboxylic acids is 1. The lowest BCUT2D eigenvalue weighted by atomic mass is 10.1. The number of carbonyl (C=O) groups excluding carboxylic acids is 2. The highest BCUT2D eigenvalue weighted by Gasteiger charge is 2.08. The van der Waals surface area contributed by atoms with E-state index in [1.807, 2.05) is 0 Å². The van der Waals surface area contributed by atoms with Gasteiger partial charge in [-0.1, -0.05) is 6.92 Å². The van der Waals surface area contributed by atoms with Crippen LogP contribution in [-0.2, 0) is 4.79 Å². The molecule has 0 fully saturated rings. The second-order valence-electron chi connectivity index (χ2n) is 3.63. The van der Waals surface area contributed by atoms with Crippen LogP contribution in [0.25, 0.3) is 0 Å². The van der Waals surface area contributed by atoms with Gasteiger partial charge in [-0.25, -0.2) is 9.59 Å². The third-order valence-electron chi connectivity index (χ3n) is 1.84. The zero-order valence-corrected chi connectivity index (χ0v) is 9.66. The Kier molecular flexibility index (Phi) is 7.24. The van der Waals surface area contributed by atoms with Crippen molar-refractivity contribution in [3.8, 4) is 0 Å². The Balaban J connectivity index is 3.52. The van der Waals surface area contributed by atoms with Crippen LogP contribution in [0.4, 0.5) is 9.59 Å². The van der Waals surface area contributed by atoms with Crippen LogP contribution >= 0.6 is 0 Å². The number of hydrogen-bond donors (Lipinski definition) is 5. The molecule has 0 spiro atoms. The fourth-order valence-electron chi connectivity index (χ4n) is 1.06. The van der Waals surface area contributed by atoms with Gasteiger partial charge in [0.05, 0.1) is 0 Å². The van der Waals surface area contributed by atoms with E-state index in [4.69, 9.17) is 10.8 Å². The number of nitrogens with one attached hydrogen (secondary N) is 3. The molecule has 6 N–H and O–H groups in total. The van der Waals surface area contributed by atoms with Crippen LogP contribution in [0.5, 0.6) is 0 Å². The zero-order chi connectivity index (χ0) is 13.3. The van der Waals surface area contributed by atoms with Gasteiger partial charge in [-0.15, -0.1) is 0 Å². The van der Waals surface area contributed by atoms with Crippen molar-refractivity contribution in [2.24, 2.45) is 11.7 Å². The van der Waals surface area contributed by atoms with Gasteiger partial charge >= 0.3 is 18.0 Å². The number of rotatable bonds is 7. The fourth-order valence-corrected chi connectivity index (χ4v) is 1.06. The summed E-state index contributed by atoms with van der Waals surface area (Å²) in [5.41, 5.74) is 4.82. The molecule has 0 radical (unpaired) electrons. The zero-order valence-electron chi connectivity index (χ0n) is 9.66. The van der Waals surface area contributed by atoms with Crippen molar-refractivity contribution < 1.29 is 19.5 Å². The summed E-state index contributed by atoms with van der Waals surface area (Å²) in [7, 11) is 0. The van der Waals surface area contributed by atoms with E-state index < -0.39 is 18.0 Å². The summed E-state index contributed by atoms with van der Waals surface area (Å²) < 4.78 is 0. The molecule has 0 aliphatic heterocycles. The molecular weight excluding hydrogens is 228 g/mol. The fraction of sp³-hybridized carbons (Fsp3) is 0.667. The first-order valence-corrected chi connectivity index (χ1v) is 5.18. The Bertz CT molecular complexity index is 282. The second kappa shape index (κ2) is 8.20. The molecule has 0 rings (SSSR count). The van der Waals surface area contributed by atoms with Gasteiger partial charge in [0, 0.05) is 26.1 Å². The molecule has 0 saturated heterocycles. The number of aliphatic carboxylic acids is 1. The van der Waals surface area contributed by atoms with Gasteiger partial charge in [0.2, 0.25) is 0 Å². The number of nitrogens with two attached hydrogens (primary N) is 1. The lowest BCUT2D eigenvalue weighted by molar-refractivity contribution is -0.137. The van der Waals surface area contributed by atoms with E-state index >= 15 is 0 Å². The van der Waals surface area contributed by atoms with E-state index in [-0.39, 0.29) is 32.0 Å². The van der Waals surface area contributed by atoms with Crippen molar-refractivity contribution in [3.05, 3.63) is 0 Å². The maximum Gasteiger partial charge on any atom is 0.314 e. The van der Waals surface area contributed by atoms with E-state index in [2.05, 4.69) is 16.0 Å². The summed E-state index contributed by atoms with van der Waals surface area (Å²) in [6, 6.07) is -1.06. The number of primary amides is 1. The predicted octanol–water partition coefficient (Wildman–Crippen LogP) is -0.935. The Morgan fingerprint density at radius 1 is 1.18 bits per heavy atom. The summed E-state index contributed by atoms with van der Waals surface area (Å²) in [6.45, 7) is 2.50. The van der Waals surface area contributed by atoms with E-state index in [9.17, 15) is 14.4 Å². The standard InChI is InChI=1S/C9H18N4O4/c1-6(4-7(14)15)5-13-9(17)12-3-2-11-8(10)16/h6H,2-5H2,1H3,(H,14,15)(H3,10,11,16)(H2,12,13,17). The van der Waals surface area contributed by atoms with Crippen molar-refractivity contribution in [1.29, 1.82) is 0 Å². The molecule has 0 aliphatic rings. The van der Waals surface area contributed by atoms with Crippen LogP contribution in [0.3, 0.4) is 0 Å². The molecule has 0 aliphatic carbocycles. The molecule has 1 unspecified atom stereocenters. The normalized spacial score (nSPS) is 11.4. The Morgan fingerprint density at radius 3 is 2.29 bits per heavy atom. The first-order valence-electron chi connectivity index (χ1n) is 5.18. The third-order valence-corrected chi connectivity index (χ3v) is 1.84. The van der Waals surface area contributed by atoms with Crippen LogP contribution in [-0.4, -0.2) is 42.8 Å². The molecular formula is C9H18N4O4. The summed E-state index contributed by atoms with van der Waals surface area (Å²) in [5, 5.41) is 15.8. The van der Waals surface area contributed by atoms with Gasteiger partial charge in [0.1, 0.15) is 0 Å².